The van der Waals surface area contributed by atoms with Gasteiger partial charge in [0.1, 0.15) is 23.7 Å². The number of fused-ring (bicyclic) bond motifs is 2. The van der Waals surface area contributed by atoms with E-state index in [1.165, 1.54) is 6.33 Å². The van der Waals surface area contributed by atoms with Gasteiger partial charge in [-0.15, -0.1) is 0 Å². The van der Waals surface area contributed by atoms with Crippen LogP contribution in [-0.2, 0) is 0 Å². The lowest BCUT2D eigenvalue weighted by atomic mass is 9.64. The molecule has 0 saturated heterocycles. The van der Waals surface area contributed by atoms with Gasteiger partial charge in [0.15, 0.2) is 11.5 Å². The van der Waals surface area contributed by atoms with Crippen LogP contribution in [0.5, 0.6) is 5.75 Å². The molecule has 6 rings (SSSR count). The van der Waals surface area contributed by atoms with Gasteiger partial charge in [0.25, 0.3) is 0 Å². The fourth-order valence-corrected chi connectivity index (χ4v) is 5.26. The predicted octanol–water partition coefficient (Wildman–Crippen LogP) is 1.85. The number of aliphatic hydroxyl groups is 2. The van der Waals surface area contributed by atoms with Crippen LogP contribution in [0.1, 0.15) is 25.3 Å². The van der Waals surface area contributed by atoms with E-state index in [4.69, 9.17) is 10.5 Å². The van der Waals surface area contributed by atoms with Crippen LogP contribution < -0.4 is 10.5 Å². The molecule has 3 heterocycles. The highest BCUT2D eigenvalue weighted by Gasteiger charge is 2.60. The average Bonchev–Trinajstić information content (AvgIpc) is 3.29. The molecule has 0 aliphatic heterocycles. The molecular weight excluding hydrogens is 396 g/mol. The van der Waals surface area contributed by atoms with E-state index in [9.17, 15) is 10.2 Å². The summed E-state index contributed by atoms with van der Waals surface area (Å²) in [4.78, 5) is 16.9. The van der Waals surface area contributed by atoms with Crippen LogP contribution in [0.3, 0.4) is 0 Å². The second kappa shape index (κ2) is 6.60. The van der Waals surface area contributed by atoms with Crippen molar-refractivity contribution in [2.45, 2.75) is 43.6 Å². The highest BCUT2D eigenvalue weighted by molar-refractivity contribution is 5.81. The molecule has 2 aliphatic rings. The SMILES string of the molecule is Nc1ncnc2c1ncn2[C@@H]1CC2(CC(Oc3ccc4cccnc4c3)C2)[C@@H](O)[C@H]1O. The largest absolute Gasteiger partial charge is 0.490 e. The fraction of sp³-hybridized carbons (Fsp3) is 0.364. The van der Waals surface area contributed by atoms with Gasteiger partial charge in [0, 0.05) is 23.1 Å². The second-order valence-electron chi connectivity index (χ2n) is 8.66. The Morgan fingerprint density at radius 1 is 1.06 bits per heavy atom. The number of aliphatic hydroxyl groups excluding tert-OH is 2. The zero-order chi connectivity index (χ0) is 21.2. The number of nitrogens with zero attached hydrogens (tertiary/aromatic N) is 5. The zero-order valence-corrected chi connectivity index (χ0v) is 16.7. The molecule has 2 saturated carbocycles. The quantitative estimate of drug-likeness (QED) is 0.459. The van der Waals surface area contributed by atoms with Gasteiger partial charge in [-0.2, -0.15) is 0 Å². The van der Waals surface area contributed by atoms with E-state index in [1.54, 1.807) is 17.1 Å². The molecular formula is C22H22N6O3. The van der Waals surface area contributed by atoms with E-state index in [0.717, 1.165) is 16.7 Å². The highest BCUT2D eigenvalue weighted by atomic mass is 16.5. The Bertz CT molecular complexity index is 1280. The third-order valence-corrected chi connectivity index (χ3v) is 6.85. The Labute approximate surface area is 177 Å². The number of ether oxygens (including phenoxy) is 1. The Kier molecular flexibility index (Phi) is 3.93. The molecule has 1 spiro atoms. The zero-order valence-electron chi connectivity index (χ0n) is 16.7. The van der Waals surface area contributed by atoms with Crippen LogP contribution in [-0.4, -0.2) is 53.0 Å². The number of nitrogens with two attached hydrogens (primary N) is 1. The number of anilines is 1. The number of hydrogen-bond donors (Lipinski definition) is 3. The van der Waals surface area contributed by atoms with Crippen molar-refractivity contribution in [2.24, 2.45) is 5.41 Å². The molecule has 158 valence electrons. The smallest absolute Gasteiger partial charge is 0.165 e. The maximum atomic E-state index is 10.9. The number of hydrogen-bond acceptors (Lipinski definition) is 8. The number of imidazole rings is 1. The first kappa shape index (κ1) is 18.5. The molecule has 0 amide bonds. The van der Waals surface area contributed by atoms with Gasteiger partial charge in [-0.3, -0.25) is 4.98 Å². The molecule has 1 aromatic carbocycles. The van der Waals surface area contributed by atoms with Crippen LogP contribution in [0.4, 0.5) is 5.82 Å². The van der Waals surface area contributed by atoms with Gasteiger partial charge in [-0.25, -0.2) is 15.0 Å². The monoisotopic (exact) mass is 418 g/mol. The minimum absolute atomic E-state index is 0.0146. The van der Waals surface area contributed by atoms with Gasteiger partial charge in [-0.05, 0) is 37.5 Å². The van der Waals surface area contributed by atoms with E-state index in [1.807, 2.05) is 30.3 Å². The summed E-state index contributed by atoms with van der Waals surface area (Å²) in [6, 6.07) is 9.46. The summed E-state index contributed by atoms with van der Waals surface area (Å²) in [5.74, 6) is 1.07. The van der Waals surface area contributed by atoms with Gasteiger partial charge < -0.3 is 25.3 Å². The van der Waals surface area contributed by atoms with Crippen molar-refractivity contribution in [3.63, 3.8) is 0 Å². The molecule has 2 aliphatic carbocycles. The first-order chi connectivity index (χ1) is 15.0. The van der Waals surface area contributed by atoms with Gasteiger partial charge >= 0.3 is 0 Å². The van der Waals surface area contributed by atoms with E-state index in [2.05, 4.69) is 19.9 Å². The van der Waals surface area contributed by atoms with Crippen molar-refractivity contribution in [1.82, 2.24) is 24.5 Å². The normalized spacial score (nSPS) is 30.1. The Balaban J connectivity index is 1.20. The lowest BCUT2D eigenvalue weighted by molar-refractivity contribution is -0.105. The minimum atomic E-state index is -0.917. The summed E-state index contributed by atoms with van der Waals surface area (Å²) in [7, 11) is 0. The summed E-state index contributed by atoms with van der Waals surface area (Å²) < 4.78 is 7.96. The second-order valence-corrected chi connectivity index (χ2v) is 8.66. The molecule has 4 aromatic rings. The van der Waals surface area contributed by atoms with E-state index in [-0.39, 0.29) is 17.6 Å². The first-order valence-corrected chi connectivity index (χ1v) is 10.3. The van der Waals surface area contributed by atoms with Crippen molar-refractivity contribution in [3.05, 3.63) is 49.2 Å². The van der Waals surface area contributed by atoms with E-state index in [0.29, 0.717) is 36.2 Å². The van der Waals surface area contributed by atoms with Gasteiger partial charge in [0.05, 0.1) is 30.1 Å². The van der Waals surface area contributed by atoms with E-state index < -0.39 is 12.2 Å². The number of benzene rings is 1. The molecule has 9 nitrogen and oxygen atoms in total. The Morgan fingerprint density at radius 2 is 1.94 bits per heavy atom. The minimum Gasteiger partial charge on any atom is -0.490 e. The molecule has 0 radical (unpaired) electrons. The van der Waals surface area contributed by atoms with Crippen LogP contribution in [0.15, 0.2) is 49.2 Å². The molecule has 0 bridgehead atoms. The number of aromatic nitrogens is 5. The van der Waals surface area contributed by atoms with Crippen LogP contribution in [0.25, 0.3) is 22.1 Å². The maximum absolute atomic E-state index is 10.9. The standard InChI is InChI=1S/C22H22N6O3/c23-20-17-21(26-10-25-20)28(11-27-17)16-9-22(19(30)18(16)29)7-14(8-22)31-13-4-3-12-2-1-5-24-15(12)6-13/h1-6,10-11,14,16,18-19,29-30H,7-9H2,(H2,23,25,26)/t14?,16-,18+,19+,22?/m1/s1. The Morgan fingerprint density at radius 3 is 2.81 bits per heavy atom. The molecule has 3 atom stereocenters. The summed E-state index contributed by atoms with van der Waals surface area (Å²) in [5, 5.41) is 22.8. The number of nitrogen functional groups attached to an aromatic ring is 1. The molecule has 3 aromatic heterocycles. The third kappa shape index (κ3) is 2.77. The van der Waals surface area contributed by atoms with Gasteiger partial charge in [-0.1, -0.05) is 6.07 Å². The lowest BCUT2D eigenvalue weighted by Gasteiger charge is -2.47. The average molecular weight is 418 g/mol. The summed E-state index contributed by atoms with van der Waals surface area (Å²) in [6.07, 6.45) is 4.95. The summed E-state index contributed by atoms with van der Waals surface area (Å²) in [5.41, 5.74) is 7.46. The molecule has 31 heavy (non-hydrogen) atoms. The van der Waals surface area contributed by atoms with Gasteiger partial charge in [0.2, 0.25) is 0 Å². The third-order valence-electron chi connectivity index (χ3n) is 6.85. The number of rotatable bonds is 3. The summed E-state index contributed by atoms with van der Waals surface area (Å²) >= 11 is 0. The van der Waals surface area contributed by atoms with Crippen molar-refractivity contribution in [1.29, 1.82) is 0 Å². The van der Waals surface area contributed by atoms with Crippen molar-refractivity contribution < 1.29 is 14.9 Å². The first-order valence-electron chi connectivity index (χ1n) is 10.3. The molecule has 4 N–H and O–H groups in total. The highest BCUT2D eigenvalue weighted by Crippen LogP contribution is 2.57. The molecule has 0 unspecified atom stereocenters. The van der Waals surface area contributed by atoms with Crippen molar-refractivity contribution >= 4 is 27.9 Å². The van der Waals surface area contributed by atoms with Crippen LogP contribution in [0, 0.1) is 5.41 Å². The topological polar surface area (TPSA) is 132 Å². The molecule has 9 heteroatoms. The Hall–Kier alpha value is -3.30. The van der Waals surface area contributed by atoms with Crippen LogP contribution >= 0.6 is 0 Å². The summed E-state index contributed by atoms with van der Waals surface area (Å²) in [6.45, 7) is 0. The fourth-order valence-electron chi connectivity index (χ4n) is 5.26. The lowest BCUT2D eigenvalue weighted by Crippen LogP contribution is -2.50. The number of pyridine rings is 1. The maximum Gasteiger partial charge on any atom is 0.165 e. The van der Waals surface area contributed by atoms with Crippen molar-refractivity contribution in [3.8, 4) is 5.75 Å². The van der Waals surface area contributed by atoms with Crippen LogP contribution in [0.2, 0.25) is 0 Å². The van der Waals surface area contributed by atoms with E-state index >= 15 is 0 Å². The predicted molar refractivity (Wildman–Crippen MR) is 113 cm³/mol. The van der Waals surface area contributed by atoms with Crippen molar-refractivity contribution in [2.75, 3.05) is 5.73 Å². The molecule has 2 fully saturated rings.